The molecule has 1 fully saturated rings. The Morgan fingerprint density at radius 1 is 1.29 bits per heavy atom. The lowest BCUT2D eigenvalue weighted by molar-refractivity contribution is -0.136. The van der Waals surface area contributed by atoms with E-state index in [9.17, 15) is 9.18 Å². The molecule has 1 unspecified atom stereocenters. The van der Waals surface area contributed by atoms with Crippen LogP contribution >= 0.6 is 0 Å². The van der Waals surface area contributed by atoms with E-state index >= 15 is 0 Å². The summed E-state index contributed by atoms with van der Waals surface area (Å²) in [6.07, 6.45) is 3.19. The van der Waals surface area contributed by atoms with Crippen LogP contribution < -0.4 is 0 Å². The fraction of sp³-hybridized carbons (Fsp3) is 0.562. The van der Waals surface area contributed by atoms with E-state index < -0.39 is 6.61 Å². The van der Waals surface area contributed by atoms with Crippen LogP contribution in [-0.2, 0) is 11.2 Å². The van der Waals surface area contributed by atoms with Gasteiger partial charge in [0.2, 0.25) is 5.91 Å². The van der Waals surface area contributed by atoms with Gasteiger partial charge in [-0.15, -0.1) is 0 Å². The first kappa shape index (κ1) is 14.5. The van der Waals surface area contributed by atoms with Crippen LogP contribution in [0.15, 0.2) is 18.2 Å². The molecule has 1 aliphatic carbocycles. The minimum atomic E-state index is -0.419. The molecule has 2 aliphatic rings. The van der Waals surface area contributed by atoms with Crippen LogP contribution in [0.2, 0.25) is 0 Å². The minimum Gasteiger partial charge on any atom is -0.387 e. The molecule has 1 aromatic rings. The maximum Gasteiger partial charge on any atom is 0.248 e. The molecular weight excluding hydrogens is 271 g/mol. The zero-order valence-electron chi connectivity index (χ0n) is 12.1. The molecule has 0 spiro atoms. The molecule has 1 saturated heterocycles. The fourth-order valence-electron chi connectivity index (χ4n) is 3.51. The molecule has 1 N–H and O–H groups in total. The van der Waals surface area contributed by atoms with Crippen molar-refractivity contribution in [2.24, 2.45) is 0 Å². The number of benzene rings is 1. The molecule has 5 heteroatoms. The molecule has 0 bridgehead atoms. The van der Waals surface area contributed by atoms with Gasteiger partial charge in [0.1, 0.15) is 12.4 Å². The number of nitrogens with zero attached hydrogens (tertiary/aromatic N) is 2. The largest absolute Gasteiger partial charge is 0.387 e. The lowest BCUT2D eigenvalue weighted by Crippen LogP contribution is -2.50. The number of piperazine rings is 1. The van der Waals surface area contributed by atoms with Gasteiger partial charge in [-0.3, -0.25) is 9.69 Å². The molecule has 0 aromatic heterocycles. The molecule has 21 heavy (non-hydrogen) atoms. The van der Waals surface area contributed by atoms with Crippen molar-refractivity contribution in [3.05, 3.63) is 35.1 Å². The number of fused-ring (bicyclic) bond motifs is 1. The van der Waals surface area contributed by atoms with Gasteiger partial charge in [-0.2, -0.15) is 0 Å². The topological polar surface area (TPSA) is 43.8 Å². The van der Waals surface area contributed by atoms with E-state index in [1.807, 2.05) is 6.07 Å². The zero-order chi connectivity index (χ0) is 14.8. The number of carbonyl (C=O) groups excluding carboxylic acids is 1. The van der Waals surface area contributed by atoms with Crippen LogP contribution in [0.3, 0.4) is 0 Å². The molecule has 4 nitrogen and oxygen atoms in total. The quantitative estimate of drug-likeness (QED) is 0.894. The van der Waals surface area contributed by atoms with E-state index in [2.05, 4.69) is 4.90 Å². The number of hydrogen-bond acceptors (Lipinski definition) is 3. The third-order valence-electron chi connectivity index (χ3n) is 4.63. The Hall–Kier alpha value is -1.46. The molecule has 1 aliphatic heterocycles. The smallest absolute Gasteiger partial charge is 0.248 e. The van der Waals surface area contributed by atoms with Crippen molar-refractivity contribution < 1.29 is 14.3 Å². The summed E-state index contributed by atoms with van der Waals surface area (Å²) in [6.45, 7) is 2.43. The van der Waals surface area contributed by atoms with Crippen LogP contribution in [0.1, 0.15) is 30.0 Å². The number of amides is 1. The van der Waals surface area contributed by atoms with Crippen LogP contribution in [0.4, 0.5) is 4.39 Å². The summed E-state index contributed by atoms with van der Waals surface area (Å²) in [5.41, 5.74) is 2.37. The predicted molar refractivity (Wildman–Crippen MR) is 77.3 cm³/mol. The third-order valence-corrected chi connectivity index (χ3v) is 4.63. The summed E-state index contributed by atoms with van der Waals surface area (Å²) >= 11 is 0. The van der Waals surface area contributed by atoms with Gasteiger partial charge in [0.15, 0.2) is 0 Å². The summed E-state index contributed by atoms with van der Waals surface area (Å²) in [5.74, 6) is -0.375. The number of aryl methyl sites for hydroxylation is 1. The Bertz CT molecular complexity index is 527. The van der Waals surface area contributed by atoms with Crippen molar-refractivity contribution in [2.45, 2.75) is 25.3 Å². The van der Waals surface area contributed by atoms with Crippen LogP contribution in [0, 0.1) is 5.82 Å². The first-order valence-corrected chi connectivity index (χ1v) is 7.60. The predicted octanol–water partition coefficient (Wildman–Crippen LogP) is 1.34. The Balaban J connectivity index is 1.72. The molecule has 3 rings (SSSR count). The second-order valence-electron chi connectivity index (χ2n) is 5.83. The molecule has 1 aromatic carbocycles. The SMILES string of the molecule is O=C(CO)N1CCN(C2CCCc3ccc(F)cc32)CC1. The van der Waals surface area contributed by atoms with E-state index in [4.69, 9.17) is 5.11 Å². The molecular formula is C16H21FN2O2. The summed E-state index contributed by atoms with van der Waals surface area (Å²) in [4.78, 5) is 15.5. The van der Waals surface area contributed by atoms with E-state index in [0.29, 0.717) is 13.1 Å². The van der Waals surface area contributed by atoms with E-state index in [0.717, 1.165) is 37.9 Å². The van der Waals surface area contributed by atoms with Crippen LogP contribution in [0.5, 0.6) is 0 Å². The highest BCUT2D eigenvalue weighted by molar-refractivity contribution is 5.77. The van der Waals surface area contributed by atoms with Gasteiger partial charge in [0.05, 0.1) is 0 Å². The van der Waals surface area contributed by atoms with Crippen molar-refractivity contribution >= 4 is 5.91 Å². The molecule has 0 saturated carbocycles. The Morgan fingerprint density at radius 2 is 2.05 bits per heavy atom. The average molecular weight is 292 g/mol. The highest BCUT2D eigenvalue weighted by Crippen LogP contribution is 2.35. The Morgan fingerprint density at radius 3 is 2.76 bits per heavy atom. The number of carbonyl (C=O) groups is 1. The fourth-order valence-corrected chi connectivity index (χ4v) is 3.51. The highest BCUT2D eigenvalue weighted by atomic mass is 19.1. The average Bonchev–Trinajstić information content (AvgIpc) is 2.53. The Kier molecular flexibility index (Phi) is 4.22. The van der Waals surface area contributed by atoms with Crippen molar-refractivity contribution in [3.8, 4) is 0 Å². The minimum absolute atomic E-state index is 0.172. The van der Waals surface area contributed by atoms with Gasteiger partial charge in [0.25, 0.3) is 0 Å². The van der Waals surface area contributed by atoms with E-state index in [-0.39, 0.29) is 17.8 Å². The zero-order valence-corrected chi connectivity index (χ0v) is 12.1. The highest BCUT2D eigenvalue weighted by Gasteiger charge is 2.29. The van der Waals surface area contributed by atoms with Crippen LogP contribution in [-0.4, -0.2) is 53.6 Å². The number of aliphatic hydroxyl groups excluding tert-OH is 1. The van der Waals surface area contributed by atoms with Crippen molar-refractivity contribution in [1.29, 1.82) is 0 Å². The lowest BCUT2D eigenvalue weighted by atomic mass is 9.86. The standard InChI is InChI=1S/C16H21FN2O2/c17-13-5-4-12-2-1-3-15(14(12)10-13)18-6-8-19(9-7-18)16(21)11-20/h4-5,10,15,20H,1-3,6-9,11H2. The van der Waals surface area contributed by atoms with Gasteiger partial charge in [-0.1, -0.05) is 6.07 Å². The number of halogens is 1. The van der Waals surface area contributed by atoms with Crippen molar-refractivity contribution in [1.82, 2.24) is 9.80 Å². The summed E-state index contributed by atoms with van der Waals surface area (Å²) in [5, 5.41) is 8.92. The van der Waals surface area contributed by atoms with Gasteiger partial charge in [-0.05, 0) is 42.5 Å². The number of aliphatic hydroxyl groups is 1. The summed E-state index contributed by atoms with van der Waals surface area (Å²) in [7, 11) is 0. The second-order valence-corrected chi connectivity index (χ2v) is 5.83. The second kappa shape index (κ2) is 6.12. The van der Waals surface area contributed by atoms with Gasteiger partial charge < -0.3 is 10.0 Å². The summed E-state index contributed by atoms with van der Waals surface area (Å²) in [6, 6.07) is 5.38. The third kappa shape index (κ3) is 2.94. The van der Waals surface area contributed by atoms with E-state index in [1.54, 1.807) is 17.0 Å². The van der Waals surface area contributed by atoms with Gasteiger partial charge in [0, 0.05) is 32.2 Å². The summed E-state index contributed by atoms with van der Waals surface area (Å²) < 4.78 is 13.5. The number of hydrogen-bond donors (Lipinski definition) is 1. The molecule has 114 valence electrons. The molecule has 1 atom stereocenters. The van der Waals surface area contributed by atoms with Crippen molar-refractivity contribution in [2.75, 3.05) is 32.8 Å². The normalized spacial score (nSPS) is 23.0. The van der Waals surface area contributed by atoms with Crippen molar-refractivity contribution in [3.63, 3.8) is 0 Å². The van der Waals surface area contributed by atoms with E-state index in [1.165, 1.54) is 5.56 Å². The first-order valence-electron chi connectivity index (χ1n) is 7.60. The first-order chi connectivity index (χ1) is 10.2. The lowest BCUT2D eigenvalue weighted by Gasteiger charge is -2.41. The number of rotatable bonds is 2. The maximum atomic E-state index is 13.5. The monoisotopic (exact) mass is 292 g/mol. The Labute approximate surface area is 124 Å². The molecule has 1 amide bonds. The van der Waals surface area contributed by atoms with Gasteiger partial charge >= 0.3 is 0 Å². The van der Waals surface area contributed by atoms with Crippen LogP contribution in [0.25, 0.3) is 0 Å². The van der Waals surface area contributed by atoms with Gasteiger partial charge in [-0.25, -0.2) is 4.39 Å². The molecule has 0 radical (unpaired) electrons. The maximum absolute atomic E-state index is 13.5. The molecule has 1 heterocycles.